The van der Waals surface area contributed by atoms with E-state index in [1.807, 2.05) is 12.3 Å². The summed E-state index contributed by atoms with van der Waals surface area (Å²) >= 11 is 0. The van der Waals surface area contributed by atoms with Crippen LogP contribution in [0.5, 0.6) is 0 Å². The van der Waals surface area contributed by atoms with Crippen LogP contribution in [0, 0.1) is 11.5 Å². The van der Waals surface area contributed by atoms with Crippen molar-refractivity contribution < 1.29 is 0 Å². The van der Waals surface area contributed by atoms with Gasteiger partial charge in [0.1, 0.15) is 0 Å². The highest BCUT2D eigenvalue weighted by atomic mass is 15.1. The third-order valence-corrected chi connectivity index (χ3v) is 3.14. The molecule has 4 heteroatoms. The lowest BCUT2D eigenvalue weighted by atomic mass is 10.0. The summed E-state index contributed by atoms with van der Waals surface area (Å²) in [6, 6.07) is 10.3. The minimum atomic E-state index is 0.331. The number of anilines is 1. The summed E-state index contributed by atoms with van der Waals surface area (Å²) in [6.45, 7) is 2.21. The molecule has 1 aromatic heterocycles. The summed E-state index contributed by atoms with van der Waals surface area (Å²) in [4.78, 5) is 8.27. The molecular formula is C16H18N4. The zero-order chi connectivity index (χ0) is 14.2. The smallest absolute Gasteiger partial charge is 0.236 e. The summed E-state index contributed by atoms with van der Waals surface area (Å²) < 4.78 is 0. The number of benzene rings is 1. The maximum absolute atomic E-state index is 8.58. The number of hydrogen-bond donors (Lipinski definition) is 1. The van der Waals surface area contributed by atoms with Crippen LogP contribution in [-0.2, 0) is 6.42 Å². The van der Waals surface area contributed by atoms with Gasteiger partial charge in [-0.1, -0.05) is 44.0 Å². The molecule has 4 nitrogen and oxygen atoms in total. The van der Waals surface area contributed by atoms with Crippen LogP contribution in [0.3, 0.4) is 0 Å². The summed E-state index contributed by atoms with van der Waals surface area (Å²) in [7, 11) is 0. The Morgan fingerprint density at radius 2 is 1.95 bits per heavy atom. The van der Waals surface area contributed by atoms with Crippen molar-refractivity contribution in [2.75, 3.05) is 5.32 Å². The first-order valence-electron chi connectivity index (χ1n) is 6.91. The zero-order valence-electron chi connectivity index (χ0n) is 11.6. The van der Waals surface area contributed by atoms with Gasteiger partial charge in [0.2, 0.25) is 5.95 Å². The first-order chi connectivity index (χ1) is 9.83. The predicted octanol–water partition coefficient (Wildman–Crippen LogP) is 3.77. The summed E-state index contributed by atoms with van der Waals surface area (Å²) in [5, 5.41) is 11.0. The maximum atomic E-state index is 8.58. The number of rotatable bonds is 6. The van der Waals surface area contributed by atoms with Crippen molar-refractivity contribution in [2.45, 2.75) is 32.6 Å². The molecule has 0 aliphatic carbocycles. The Bertz CT molecular complexity index is 584. The van der Waals surface area contributed by atoms with Crippen LogP contribution in [0.2, 0.25) is 0 Å². The number of aryl methyl sites for hydroxylation is 1. The van der Waals surface area contributed by atoms with Gasteiger partial charge in [-0.2, -0.15) is 5.26 Å². The molecule has 0 bridgehead atoms. The highest BCUT2D eigenvalue weighted by Crippen LogP contribution is 2.19. The van der Waals surface area contributed by atoms with Crippen LogP contribution < -0.4 is 5.32 Å². The molecule has 1 N–H and O–H groups in total. The van der Waals surface area contributed by atoms with Crippen LogP contribution in [0.25, 0.3) is 11.3 Å². The molecule has 102 valence electrons. The number of aromatic nitrogens is 2. The van der Waals surface area contributed by atoms with E-state index in [1.165, 1.54) is 24.8 Å². The minimum Gasteiger partial charge on any atom is -0.261 e. The molecular weight excluding hydrogens is 248 g/mol. The number of nitrogens with one attached hydrogen (secondary N) is 1. The Morgan fingerprint density at radius 3 is 2.65 bits per heavy atom. The standard InChI is InChI=1S/C16H18N4/c1-2-3-4-5-13-6-8-14(9-7-13)15-10-11-18-16(20-15)19-12-17/h6-11H,2-5H2,1H3,(H,18,19,20). The van der Waals surface area contributed by atoms with Gasteiger partial charge in [-0.15, -0.1) is 0 Å². The fraction of sp³-hybridized carbons (Fsp3) is 0.312. The molecule has 0 saturated heterocycles. The van der Waals surface area contributed by atoms with Gasteiger partial charge in [0.05, 0.1) is 5.69 Å². The fourth-order valence-electron chi connectivity index (χ4n) is 2.05. The molecule has 1 heterocycles. The van der Waals surface area contributed by atoms with Gasteiger partial charge in [-0.3, -0.25) is 5.32 Å². The number of hydrogen-bond acceptors (Lipinski definition) is 4. The van der Waals surface area contributed by atoms with Gasteiger partial charge in [-0.05, 0) is 24.5 Å². The summed E-state index contributed by atoms with van der Waals surface area (Å²) in [6.07, 6.45) is 8.35. The second-order valence-corrected chi connectivity index (χ2v) is 4.66. The van der Waals surface area contributed by atoms with E-state index < -0.39 is 0 Å². The molecule has 0 aliphatic heterocycles. The number of nitriles is 1. The van der Waals surface area contributed by atoms with Crippen LogP contribution in [0.15, 0.2) is 36.5 Å². The van der Waals surface area contributed by atoms with Crippen molar-refractivity contribution in [1.82, 2.24) is 9.97 Å². The first kappa shape index (κ1) is 14.0. The molecule has 0 unspecified atom stereocenters. The van der Waals surface area contributed by atoms with Crippen molar-refractivity contribution in [3.63, 3.8) is 0 Å². The normalized spacial score (nSPS) is 10.0. The third-order valence-electron chi connectivity index (χ3n) is 3.14. The average molecular weight is 266 g/mol. The van der Waals surface area contributed by atoms with Gasteiger partial charge < -0.3 is 0 Å². The quantitative estimate of drug-likeness (QED) is 0.491. The fourth-order valence-corrected chi connectivity index (χ4v) is 2.05. The van der Waals surface area contributed by atoms with E-state index in [9.17, 15) is 0 Å². The van der Waals surface area contributed by atoms with E-state index in [1.54, 1.807) is 6.20 Å². The van der Waals surface area contributed by atoms with Crippen LogP contribution >= 0.6 is 0 Å². The molecule has 2 aromatic rings. The second kappa shape index (κ2) is 7.25. The van der Waals surface area contributed by atoms with Crippen LogP contribution in [0.1, 0.15) is 31.7 Å². The van der Waals surface area contributed by atoms with Gasteiger partial charge >= 0.3 is 0 Å². The molecule has 2 rings (SSSR count). The minimum absolute atomic E-state index is 0.331. The van der Waals surface area contributed by atoms with Crippen molar-refractivity contribution in [2.24, 2.45) is 0 Å². The molecule has 0 spiro atoms. The van der Waals surface area contributed by atoms with Gasteiger partial charge in [0, 0.05) is 11.8 Å². The Balaban J connectivity index is 2.09. The third kappa shape index (κ3) is 3.79. The lowest BCUT2D eigenvalue weighted by molar-refractivity contribution is 0.717. The second-order valence-electron chi connectivity index (χ2n) is 4.66. The molecule has 0 fully saturated rings. The lowest BCUT2D eigenvalue weighted by Gasteiger charge is -2.05. The Hall–Kier alpha value is -2.41. The van der Waals surface area contributed by atoms with Crippen molar-refractivity contribution in [3.05, 3.63) is 42.1 Å². The van der Waals surface area contributed by atoms with E-state index in [0.717, 1.165) is 17.7 Å². The van der Waals surface area contributed by atoms with E-state index in [2.05, 4.69) is 46.5 Å². The number of nitrogens with zero attached hydrogens (tertiary/aromatic N) is 3. The lowest BCUT2D eigenvalue weighted by Crippen LogP contribution is -1.96. The Labute approximate surface area is 119 Å². The van der Waals surface area contributed by atoms with Gasteiger partial charge in [0.25, 0.3) is 0 Å². The summed E-state index contributed by atoms with van der Waals surface area (Å²) in [5.74, 6) is 0.331. The monoisotopic (exact) mass is 266 g/mol. The molecule has 0 atom stereocenters. The molecule has 0 radical (unpaired) electrons. The predicted molar refractivity (Wildman–Crippen MR) is 79.9 cm³/mol. The largest absolute Gasteiger partial charge is 0.261 e. The zero-order valence-corrected chi connectivity index (χ0v) is 11.6. The topological polar surface area (TPSA) is 61.6 Å². The molecule has 0 saturated carbocycles. The van der Waals surface area contributed by atoms with Crippen molar-refractivity contribution >= 4 is 5.95 Å². The average Bonchev–Trinajstić information content (AvgIpc) is 2.49. The van der Waals surface area contributed by atoms with E-state index in [0.29, 0.717) is 5.95 Å². The van der Waals surface area contributed by atoms with Crippen LogP contribution in [0.4, 0.5) is 5.95 Å². The maximum Gasteiger partial charge on any atom is 0.236 e. The Kier molecular flexibility index (Phi) is 5.08. The van der Waals surface area contributed by atoms with Crippen molar-refractivity contribution in [1.29, 1.82) is 5.26 Å². The molecule has 20 heavy (non-hydrogen) atoms. The molecule has 1 aromatic carbocycles. The first-order valence-corrected chi connectivity index (χ1v) is 6.91. The highest BCUT2D eigenvalue weighted by Gasteiger charge is 2.02. The highest BCUT2D eigenvalue weighted by molar-refractivity contribution is 5.60. The number of unbranched alkanes of at least 4 members (excludes halogenated alkanes) is 2. The van der Waals surface area contributed by atoms with E-state index in [4.69, 9.17) is 5.26 Å². The summed E-state index contributed by atoms with van der Waals surface area (Å²) in [5.41, 5.74) is 3.21. The Morgan fingerprint density at radius 1 is 1.15 bits per heavy atom. The van der Waals surface area contributed by atoms with Crippen molar-refractivity contribution in [3.8, 4) is 17.5 Å². The SMILES string of the molecule is CCCCCc1ccc(-c2ccnc(NC#N)n2)cc1. The van der Waals surface area contributed by atoms with Gasteiger partial charge in [0.15, 0.2) is 6.19 Å². The van der Waals surface area contributed by atoms with Gasteiger partial charge in [-0.25, -0.2) is 9.97 Å². The van der Waals surface area contributed by atoms with Crippen LogP contribution in [-0.4, -0.2) is 9.97 Å². The molecule has 0 amide bonds. The van der Waals surface area contributed by atoms with E-state index >= 15 is 0 Å². The molecule has 0 aliphatic rings. The van der Waals surface area contributed by atoms with E-state index in [-0.39, 0.29) is 0 Å².